The third-order valence-electron chi connectivity index (χ3n) is 7.55. The molecule has 0 saturated carbocycles. The molecule has 1 aliphatic rings. The summed E-state index contributed by atoms with van der Waals surface area (Å²) in [6.07, 6.45) is 1.50. The number of nitrogens with zero attached hydrogens (tertiary/aromatic N) is 3. The Labute approximate surface area is 254 Å². The van der Waals surface area contributed by atoms with Crippen molar-refractivity contribution in [2.24, 2.45) is 0 Å². The fourth-order valence-electron chi connectivity index (χ4n) is 5.19. The first kappa shape index (κ1) is 29.1. The first-order valence-corrected chi connectivity index (χ1v) is 14.9. The van der Waals surface area contributed by atoms with E-state index in [0.717, 1.165) is 17.4 Å². The van der Waals surface area contributed by atoms with Gasteiger partial charge in [0.05, 0.1) is 21.4 Å². The van der Waals surface area contributed by atoms with Crippen LogP contribution in [0, 0.1) is 17.0 Å². The lowest BCUT2D eigenvalue weighted by molar-refractivity contribution is -0.385. The molecule has 0 atom stereocenters. The standard InChI is InChI=1S/C30H29Br2N5O4/c1-17-5-8-19(15-23(17)37(40)41)27-34-25-22(32)16-21-24(26(25)35-27)28(38)36(29(39)30(21,2)3)14-4-12-33-13-11-18-6-9-20(31)10-7-18/h5-10,15-16,33H,4,11-14H2,1-3H3,(H,34,35). The minimum atomic E-state index is -0.942. The summed E-state index contributed by atoms with van der Waals surface area (Å²) in [4.78, 5) is 47.7. The van der Waals surface area contributed by atoms with Crippen LogP contribution in [0.3, 0.4) is 0 Å². The predicted octanol–water partition coefficient (Wildman–Crippen LogP) is 6.45. The number of fused-ring (bicyclic) bond motifs is 3. The van der Waals surface area contributed by atoms with E-state index < -0.39 is 10.3 Å². The van der Waals surface area contributed by atoms with Crippen molar-refractivity contribution < 1.29 is 14.5 Å². The summed E-state index contributed by atoms with van der Waals surface area (Å²) in [5, 5.41) is 14.9. The number of rotatable bonds is 9. The number of aromatic nitrogens is 2. The molecule has 0 unspecified atom stereocenters. The minimum absolute atomic E-state index is 0.0107. The number of benzene rings is 3. The quantitative estimate of drug-likeness (QED) is 0.0906. The van der Waals surface area contributed by atoms with Crippen molar-refractivity contribution in [3.8, 4) is 11.4 Å². The van der Waals surface area contributed by atoms with Crippen LogP contribution in [0.25, 0.3) is 22.4 Å². The van der Waals surface area contributed by atoms with Gasteiger partial charge in [-0.2, -0.15) is 0 Å². The second-order valence-electron chi connectivity index (χ2n) is 10.7. The number of imide groups is 1. The van der Waals surface area contributed by atoms with Gasteiger partial charge in [0.1, 0.15) is 11.3 Å². The van der Waals surface area contributed by atoms with Gasteiger partial charge in [0, 0.05) is 32.7 Å². The van der Waals surface area contributed by atoms with Crippen LogP contribution >= 0.6 is 31.9 Å². The van der Waals surface area contributed by atoms with Gasteiger partial charge in [0.25, 0.3) is 11.6 Å². The summed E-state index contributed by atoms with van der Waals surface area (Å²) >= 11 is 7.01. The fourth-order valence-corrected chi connectivity index (χ4v) is 5.97. The molecule has 0 radical (unpaired) electrons. The highest BCUT2D eigenvalue weighted by atomic mass is 79.9. The van der Waals surface area contributed by atoms with Crippen LogP contribution in [-0.2, 0) is 16.6 Å². The number of halogens is 2. The number of hydrogen-bond acceptors (Lipinski definition) is 6. The van der Waals surface area contributed by atoms with Gasteiger partial charge in [0.15, 0.2) is 0 Å². The number of amides is 2. The zero-order valence-corrected chi connectivity index (χ0v) is 26.1. The second kappa shape index (κ2) is 11.5. The molecule has 0 aliphatic carbocycles. The van der Waals surface area contributed by atoms with E-state index in [2.05, 4.69) is 59.3 Å². The van der Waals surface area contributed by atoms with Crippen LogP contribution in [0.5, 0.6) is 0 Å². The van der Waals surface area contributed by atoms with Gasteiger partial charge in [-0.3, -0.25) is 24.6 Å². The highest BCUT2D eigenvalue weighted by Crippen LogP contribution is 2.41. The third-order valence-corrected chi connectivity index (χ3v) is 8.68. The molecule has 3 aromatic carbocycles. The molecule has 11 heteroatoms. The number of nitrogens with one attached hydrogen (secondary N) is 2. The molecule has 0 saturated heterocycles. The molecule has 1 aromatic heterocycles. The molecule has 0 fully saturated rings. The summed E-state index contributed by atoms with van der Waals surface area (Å²) in [5.41, 5.74) is 3.38. The largest absolute Gasteiger partial charge is 0.337 e. The van der Waals surface area contributed by atoms with Crippen molar-refractivity contribution in [1.29, 1.82) is 0 Å². The van der Waals surface area contributed by atoms with Crippen LogP contribution in [0.1, 0.15) is 47.3 Å². The molecular formula is C30H29Br2N5O4. The van der Waals surface area contributed by atoms with Crippen LogP contribution in [0.4, 0.5) is 5.69 Å². The molecule has 5 rings (SSSR count). The highest BCUT2D eigenvalue weighted by Gasteiger charge is 2.45. The van der Waals surface area contributed by atoms with Gasteiger partial charge < -0.3 is 10.3 Å². The van der Waals surface area contributed by atoms with Gasteiger partial charge in [0.2, 0.25) is 5.91 Å². The van der Waals surface area contributed by atoms with E-state index in [1.54, 1.807) is 25.1 Å². The number of aromatic amines is 1. The molecule has 4 aromatic rings. The lowest BCUT2D eigenvalue weighted by atomic mass is 9.76. The topological polar surface area (TPSA) is 121 Å². The van der Waals surface area contributed by atoms with Gasteiger partial charge in [-0.25, -0.2) is 4.98 Å². The summed E-state index contributed by atoms with van der Waals surface area (Å²) in [6, 6.07) is 14.9. The monoisotopic (exact) mass is 681 g/mol. The Hall–Kier alpha value is -3.41. The smallest absolute Gasteiger partial charge is 0.273 e. The van der Waals surface area contributed by atoms with Crippen LogP contribution < -0.4 is 5.32 Å². The van der Waals surface area contributed by atoms with Gasteiger partial charge >= 0.3 is 0 Å². The third kappa shape index (κ3) is 5.58. The number of aryl methyl sites for hydroxylation is 1. The molecule has 2 N–H and O–H groups in total. The number of carbonyl (C=O) groups is 2. The Bertz CT molecular complexity index is 1680. The number of carbonyl (C=O) groups excluding carboxylic acids is 2. The molecule has 212 valence electrons. The lowest BCUT2D eigenvalue weighted by Crippen LogP contribution is -2.52. The van der Waals surface area contributed by atoms with Crippen molar-refractivity contribution in [1.82, 2.24) is 20.2 Å². The van der Waals surface area contributed by atoms with Gasteiger partial charge in [-0.1, -0.05) is 40.2 Å². The van der Waals surface area contributed by atoms with Crippen molar-refractivity contribution in [3.63, 3.8) is 0 Å². The Morgan fingerprint density at radius 1 is 1.07 bits per heavy atom. The Morgan fingerprint density at radius 2 is 1.80 bits per heavy atom. The Morgan fingerprint density at radius 3 is 2.51 bits per heavy atom. The van der Waals surface area contributed by atoms with Gasteiger partial charge in [-0.05, 0) is 92.0 Å². The van der Waals surface area contributed by atoms with E-state index in [1.807, 2.05) is 26.0 Å². The SMILES string of the molecule is Cc1ccc(-c2nc3c(Br)cc4c(c3[nH]2)C(=O)N(CCCNCCc2ccc(Br)cc2)C(=O)C4(C)C)cc1[N+](=O)[O-]. The maximum atomic E-state index is 13.8. The number of nitro groups is 1. The number of imidazole rings is 1. The summed E-state index contributed by atoms with van der Waals surface area (Å²) < 4.78 is 1.68. The predicted molar refractivity (Wildman–Crippen MR) is 165 cm³/mol. The van der Waals surface area contributed by atoms with E-state index in [0.29, 0.717) is 56.5 Å². The molecule has 0 spiro atoms. The molecule has 2 heterocycles. The molecule has 9 nitrogen and oxygen atoms in total. The molecular weight excluding hydrogens is 654 g/mol. The van der Waals surface area contributed by atoms with Crippen molar-refractivity contribution in [2.75, 3.05) is 19.6 Å². The zero-order valence-electron chi connectivity index (χ0n) is 22.9. The number of nitro benzene ring substituents is 1. The molecule has 1 aliphatic heterocycles. The number of H-pyrrole nitrogens is 1. The van der Waals surface area contributed by atoms with E-state index in [9.17, 15) is 19.7 Å². The van der Waals surface area contributed by atoms with Crippen molar-refractivity contribution in [2.45, 2.75) is 39.0 Å². The first-order valence-electron chi connectivity index (χ1n) is 13.3. The maximum Gasteiger partial charge on any atom is 0.273 e. The van der Waals surface area contributed by atoms with Gasteiger partial charge in [-0.15, -0.1) is 0 Å². The Kier molecular flexibility index (Phi) is 8.13. The number of hydrogen-bond donors (Lipinski definition) is 2. The normalized spacial score (nSPS) is 14.5. The van der Waals surface area contributed by atoms with E-state index in [-0.39, 0.29) is 24.0 Å². The van der Waals surface area contributed by atoms with Crippen LogP contribution in [0.2, 0.25) is 0 Å². The van der Waals surface area contributed by atoms with Crippen molar-refractivity contribution >= 4 is 60.4 Å². The zero-order chi connectivity index (χ0) is 29.5. The van der Waals surface area contributed by atoms with E-state index in [4.69, 9.17) is 0 Å². The van der Waals surface area contributed by atoms with E-state index in [1.165, 1.54) is 16.5 Å². The minimum Gasteiger partial charge on any atom is -0.337 e. The Balaban J connectivity index is 1.38. The van der Waals surface area contributed by atoms with Crippen LogP contribution in [0.15, 0.2) is 57.5 Å². The lowest BCUT2D eigenvalue weighted by Gasteiger charge is -2.37. The second-order valence-corrected chi connectivity index (χ2v) is 12.5. The first-order chi connectivity index (χ1) is 19.5. The summed E-state index contributed by atoms with van der Waals surface area (Å²) in [5.74, 6) is -0.215. The molecule has 2 amide bonds. The van der Waals surface area contributed by atoms with Crippen LogP contribution in [-0.4, -0.2) is 51.2 Å². The average Bonchev–Trinajstić information content (AvgIpc) is 3.38. The molecule has 41 heavy (non-hydrogen) atoms. The summed E-state index contributed by atoms with van der Waals surface area (Å²) in [7, 11) is 0. The highest BCUT2D eigenvalue weighted by molar-refractivity contribution is 9.11. The average molecular weight is 683 g/mol. The molecule has 0 bridgehead atoms. The van der Waals surface area contributed by atoms with Crippen molar-refractivity contribution in [3.05, 3.63) is 89.8 Å². The fraction of sp³-hybridized carbons (Fsp3) is 0.300. The van der Waals surface area contributed by atoms with E-state index >= 15 is 0 Å². The maximum absolute atomic E-state index is 13.8. The summed E-state index contributed by atoms with van der Waals surface area (Å²) in [6.45, 7) is 7.07.